The van der Waals surface area contributed by atoms with Crippen molar-refractivity contribution < 1.29 is 9.59 Å². The number of amides is 1. The highest BCUT2D eigenvalue weighted by Gasteiger charge is 2.13. The molecule has 0 saturated carbocycles. The first-order chi connectivity index (χ1) is 10.6. The van der Waals surface area contributed by atoms with Crippen LogP contribution in [0.3, 0.4) is 0 Å². The lowest BCUT2D eigenvalue weighted by Crippen LogP contribution is -2.15. The summed E-state index contributed by atoms with van der Waals surface area (Å²) in [5, 5.41) is 2.85. The molecule has 0 aliphatic heterocycles. The molecule has 3 aromatic rings. The fourth-order valence-corrected chi connectivity index (χ4v) is 2.26. The molecule has 1 N–H and O–H groups in total. The second-order valence-corrected chi connectivity index (χ2v) is 5.11. The lowest BCUT2D eigenvalue weighted by atomic mass is 10.1. The van der Waals surface area contributed by atoms with Gasteiger partial charge in [-0.1, -0.05) is 18.2 Å². The van der Waals surface area contributed by atoms with Crippen LogP contribution < -0.4 is 5.32 Å². The van der Waals surface area contributed by atoms with E-state index in [4.69, 9.17) is 0 Å². The zero-order valence-corrected chi connectivity index (χ0v) is 12.3. The second-order valence-electron chi connectivity index (χ2n) is 5.11. The number of aromatic nitrogens is 2. The maximum atomic E-state index is 12.5. The van der Waals surface area contributed by atoms with Gasteiger partial charge in [0.2, 0.25) is 0 Å². The summed E-state index contributed by atoms with van der Waals surface area (Å²) in [5.41, 5.74) is 3.25. The number of carbonyl (C=O) groups is 2. The molecule has 5 nitrogen and oxygen atoms in total. The Morgan fingerprint density at radius 3 is 2.77 bits per heavy atom. The number of carbonyl (C=O) groups excluding carboxylic acids is 2. The van der Waals surface area contributed by atoms with Crippen LogP contribution in [0.5, 0.6) is 0 Å². The van der Waals surface area contributed by atoms with Crippen LogP contribution in [-0.2, 0) is 0 Å². The Morgan fingerprint density at radius 1 is 1.18 bits per heavy atom. The van der Waals surface area contributed by atoms with Gasteiger partial charge in [0.25, 0.3) is 5.91 Å². The minimum atomic E-state index is -0.262. The average Bonchev–Trinajstić information content (AvgIpc) is 2.93. The van der Waals surface area contributed by atoms with E-state index < -0.39 is 0 Å². The quantitative estimate of drug-likeness (QED) is 0.755. The van der Waals surface area contributed by atoms with Crippen LogP contribution >= 0.6 is 0 Å². The average molecular weight is 293 g/mol. The Bertz CT molecular complexity index is 880. The summed E-state index contributed by atoms with van der Waals surface area (Å²) >= 11 is 0. The van der Waals surface area contributed by atoms with Crippen LogP contribution in [0.2, 0.25) is 0 Å². The van der Waals surface area contributed by atoms with Crippen molar-refractivity contribution in [3.8, 4) is 0 Å². The van der Waals surface area contributed by atoms with Crippen molar-refractivity contribution in [1.82, 2.24) is 9.38 Å². The Morgan fingerprint density at radius 2 is 2.00 bits per heavy atom. The van der Waals surface area contributed by atoms with Crippen molar-refractivity contribution in [1.29, 1.82) is 0 Å². The highest BCUT2D eigenvalue weighted by molar-refractivity contribution is 6.05. The number of imidazole rings is 1. The van der Waals surface area contributed by atoms with E-state index in [9.17, 15) is 9.59 Å². The van der Waals surface area contributed by atoms with Gasteiger partial charge in [-0.15, -0.1) is 0 Å². The van der Waals surface area contributed by atoms with E-state index >= 15 is 0 Å². The largest absolute Gasteiger partial charge is 0.320 e. The Kier molecular flexibility index (Phi) is 3.47. The summed E-state index contributed by atoms with van der Waals surface area (Å²) in [6.45, 7) is 3.38. The fourth-order valence-electron chi connectivity index (χ4n) is 2.26. The first kappa shape index (κ1) is 14.0. The number of pyridine rings is 1. The third-order valence-corrected chi connectivity index (χ3v) is 3.54. The van der Waals surface area contributed by atoms with Crippen molar-refractivity contribution in [3.05, 3.63) is 65.6 Å². The number of anilines is 1. The lowest BCUT2D eigenvalue weighted by Gasteiger charge is -2.09. The molecule has 0 bridgehead atoms. The molecule has 2 aromatic heterocycles. The normalized spacial score (nSPS) is 10.6. The van der Waals surface area contributed by atoms with E-state index in [0.717, 1.165) is 5.56 Å². The van der Waals surface area contributed by atoms with Gasteiger partial charge in [-0.25, -0.2) is 4.98 Å². The fraction of sp³-hybridized carbons (Fsp3) is 0.118. The molecular formula is C17H15N3O2. The summed E-state index contributed by atoms with van der Waals surface area (Å²) in [6, 6.07) is 10.8. The molecule has 5 heteroatoms. The van der Waals surface area contributed by atoms with Gasteiger partial charge < -0.3 is 5.32 Å². The van der Waals surface area contributed by atoms with Crippen LogP contribution in [0, 0.1) is 6.92 Å². The zero-order chi connectivity index (χ0) is 15.7. The molecule has 2 heterocycles. The molecule has 0 unspecified atom stereocenters. The van der Waals surface area contributed by atoms with Crippen molar-refractivity contribution in [2.75, 3.05) is 5.32 Å². The van der Waals surface area contributed by atoms with Crippen LogP contribution in [0.4, 0.5) is 5.69 Å². The van der Waals surface area contributed by atoms with E-state index in [1.54, 1.807) is 22.7 Å². The number of nitrogens with zero attached hydrogens (tertiary/aromatic N) is 2. The minimum absolute atomic E-state index is 0.0368. The Balaban J connectivity index is 1.94. The highest BCUT2D eigenvalue weighted by atomic mass is 16.2. The third-order valence-electron chi connectivity index (χ3n) is 3.54. The number of ketones is 1. The molecule has 110 valence electrons. The van der Waals surface area contributed by atoms with Gasteiger partial charge in [-0.2, -0.15) is 0 Å². The van der Waals surface area contributed by atoms with Gasteiger partial charge in [0.15, 0.2) is 5.78 Å². The van der Waals surface area contributed by atoms with Gasteiger partial charge in [0.1, 0.15) is 11.3 Å². The predicted molar refractivity (Wildman–Crippen MR) is 84.3 cm³/mol. The number of hydrogen-bond donors (Lipinski definition) is 1. The molecule has 0 saturated heterocycles. The number of aryl methyl sites for hydroxylation is 1. The molecule has 0 aliphatic rings. The van der Waals surface area contributed by atoms with Crippen LogP contribution in [0.1, 0.15) is 33.3 Å². The van der Waals surface area contributed by atoms with Gasteiger partial charge in [-0.05, 0) is 37.6 Å². The van der Waals surface area contributed by atoms with Gasteiger partial charge >= 0.3 is 0 Å². The number of benzene rings is 1. The molecule has 1 amide bonds. The van der Waals surface area contributed by atoms with E-state index in [2.05, 4.69) is 10.3 Å². The monoisotopic (exact) mass is 293 g/mol. The zero-order valence-electron chi connectivity index (χ0n) is 12.3. The summed E-state index contributed by atoms with van der Waals surface area (Å²) in [5.74, 6) is -0.298. The second kappa shape index (κ2) is 5.44. The van der Waals surface area contributed by atoms with Crippen LogP contribution in [0.15, 0.2) is 48.8 Å². The molecule has 3 rings (SSSR count). The molecular weight excluding hydrogens is 278 g/mol. The summed E-state index contributed by atoms with van der Waals surface area (Å²) in [4.78, 5) is 28.1. The number of Topliss-reactive ketones (excluding diaryl/α,β-unsaturated/α-hetero) is 1. The molecule has 0 spiro atoms. The molecule has 0 aliphatic carbocycles. The van der Waals surface area contributed by atoms with E-state index in [0.29, 0.717) is 22.6 Å². The predicted octanol–water partition coefficient (Wildman–Crippen LogP) is 3.10. The maximum absolute atomic E-state index is 12.5. The van der Waals surface area contributed by atoms with E-state index in [1.807, 2.05) is 31.2 Å². The third kappa shape index (κ3) is 2.48. The number of fused-ring (bicyclic) bond motifs is 1. The molecule has 0 fully saturated rings. The van der Waals surface area contributed by atoms with Crippen LogP contribution in [-0.4, -0.2) is 21.1 Å². The van der Waals surface area contributed by atoms with Crippen molar-refractivity contribution in [2.45, 2.75) is 13.8 Å². The highest BCUT2D eigenvalue weighted by Crippen LogP contribution is 2.18. The van der Waals surface area contributed by atoms with Gasteiger partial charge in [-0.3, -0.25) is 14.0 Å². The van der Waals surface area contributed by atoms with Gasteiger partial charge in [0, 0.05) is 17.4 Å². The van der Waals surface area contributed by atoms with Crippen molar-refractivity contribution in [2.24, 2.45) is 0 Å². The summed E-state index contributed by atoms with van der Waals surface area (Å²) < 4.78 is 1.72. The molecule has 0 radical (unpaired) electrons. The first-order valence-corrected chi connectivity index (χ1v) is 6.91. The van der Waals surface area contributed by atoms with Crippen molar-refractivity contribution in [3.63, 3.8) is 0 Å². The number of hydrogen-bond acceptors (Lipinski definition) is 3. The number of nitrogens with one attached hydrogen (secondary N) is 1. The topological polar surface area (TPSA) is 63.5 Å². The standard InChI is InChI=1S/C17H15N3O2/c1-11-6-7-13(12(2)21)9-14(11)19-17(22)15-10-18-16-5-3-4-8-20(15)16/h3-10H,1-2H3,(H,19,22). The Labute approximate surface area is 127 Å². The summed E-state index contributed by atoms with van der Waals surface area (Å²) in [6.07, 6.45) is 3.32. The SMILES string of the molecule is CC(=O)c1ccc(C)c(NC(=O)c2cnc3ccccn23)c1. The summed E-state index contributed by atoms with van der Waals surface area (Å²) in [7, 11) is 0. The Hall–Kier alpha value is -2.95. The van der Waals surface area contributed by atoms with Crippen molar-refractivity contribution >= 4 is 23.0 Å². The lowest BCUT2D eigenvalue weighted by molar-refractivity contribution is 0.100. The molecule has 0 atom stereocenters. The minimum Gasteiger partial charge on any atom is -0.320 e. The molecule has 1 aromatic carbocycles. The smallest absolute Gasteiger partial charge is 0.274 e. The van der Waals surface area contributed by atoms with Crippen LogP contribution in [0.25, 0.3) is 5.65 Å². The maximum Gasteiger partial charge on any atom is 0.274 e. The number of rotatable bonds is 3. The van der Waals surface area contributed by atoms with E-state index in [-0.39, 0.29) is 11.7 Å². The van der Waals surface area contributed by atoms with Gasteiger partial charge in [0.05, 0.1) is 6.20 Å². The molecule has 22 heavy (non-hydrogen) atoms. The first-order valence-electron chi connectivity index (χ1n) is 6.91. The van der Waals surface area contributed by atoms with E-state index in [1.165, 1.54) is 13.1 Å².